The number of fused-ring (bicyclic) bond motifs is 1. The molecule has 0 unspecified atom stereocenters. The molecule has 4 rings (SSSR count). The molecular formula is C22H22N2O5S. The Morgan fingerprint density at radius 1 is 0.900 bits per heavy atom. The van der Waals surface area contributed by atoms with Crippen molar-refractivity contribution in [2.75, 3.05) is 32.8 Å². The maximum absolute atomic E-state index is 13.0. The molecule has 8 heteroatoms. The molecule has 0 atom stereocenters. The summed E-state index contributed by atoms with van der Waals surface area (Å²) in [6, 6.07) is 19.1. The van der Waals surface area contributed by atoms with Crippen molar-refractivity contribution in [3.63, 3.8) is 0 Å². The lowest BCUT2D eigenvalue weighted by Gasteiger charge is -2.34. The standard InChI is InChI=1S/C22H22N2O5S/c25-20-7-3-4-8-21(20)29-16-22(26)23-11-13-24(14-12-23)30(27,28)19-10-9-17-5-1-2-6-18(17)15-19/h1-10,15,25H,11-14,16H2. The number of benzene rings is 3. The van der Waals surface area contributed by atoms with Gasteiger partial charge in [-0.25, -0.2) is 8.42 Å². The Morgan fingerprint density at radius 2 is 1.57 bits per heavy atom. The van der Waals surface area contributed by atoms with E-state index in [2.05, 4.69) is 0 Å². The van der Waals surface area contributed by atoms with Gasteiger partial charge in [0, 0.05) is 26.2 Å². The molecule has 3 aromatic carbocycles. The average Bonchev–Trinajstić information content (AvgIpc) is 2.78. The Labute approximate surface area is 175 Å². The quantitative estimate of drug-likeness (QED) is 0.677. The lowest BCUT2D eigenvalue weighted by atomic mass is 10.1. The van der Waals surface area contributed by atoms with E-state index >= 15 is 0 Å². The van der Waals surface area contributed by atoms with Crippen LogP contribution in [0.5, 0.6) is 11.5 Å². The highest BCUT2D eigenvalue weighted by Crippen LogP contribution is 2.25. The summed E-state index contributed by atoms with van der Waals surface area (Å²) in [5.74, 6) is -0.0408. The number of phenolic OH excluding ortho intramolecular Hbond substituents is 1. The summed E-state index contributed by atoms with van der Waals surface area (Å²) in [7, 11) is -3.63. The second-order valence-electron chi connectivity index (χ2n) is 7.05. The number of amides is 1. The van der Waals surface area contributed by atoms with Crippen LogP contribution in [0.3, 0.4) is 0 Å². The predicted octanol–water partition coefficient (Wildman–Crippen LogP) is 2.46. The van der Waals surface area contributed by atoms with Crippen LogP contribution in [-0.2, 0) is 14.8 Å². The van der Waals surface area contributed by atoms with E-state index in [9.17, 15) is 18.3 Å². The average molecular weight is 426 g/mol. The Balaban J connectivity index is 1.38. The molecule has 3 aromatic rings. The van der Waals surface area contributed by atoms with Crippen molar-refractivity contribution >= 4 is 26.7 Å². The first-order valence-corrected chi connectivity index (χ1v) is 11.1. The van der Waals surface area contributed by atoms with Gasteiger partial charge in [0.1, 0.15) is 0 Å². The molecular weight excluding hydrogens is 404 g/mol. The van der Waals surface area contributed by atoms with Crippen LogP contribution < -0.4 is 4.74 Å². The van der Waals surface area contributed by atoms with E-state index in [1.807, 2.05) is 24.3 Å². The van der Waals surface area contributed by atoms with E-state index in [1.54, 1.807) is 41.3 Å². The monoisotopic (exact) mass is 426 g/mol. The van der Waals surface area contributed by atoms with Crippen LogP contribution in [0.1, 0.15) is 0 Å². The smallest absolute Gasteiger partial charge is 0.260 e. The second kappa shape index (κ2) is 8.33. The van der Waals surface area contributed by atoms with Crippen LogP contribution in [0.25, 0.3) is 10.8 Å². The minimum atomic E-state index is -3.63. The van der Waals surface area contributed by atoms with E-state index in [4.69, 9.17) is 4.74 Å². The number of phenols is 1. The maximum atomic E-state index is 13.0. The fourth-order valence-electron chi connectivity index (χ4n) is 3.46. The van der Waals surface area contributed by atoms with Gasteiger partial charge in [0.25, 0.3) is 5.91 Å². The van der Waals surface area contributed by atoms with Crippen LogP contribution in [0.15, 0.2) is 71.6 Å². The van der Waals surface area contributed by atoms with Crippen molar-refractivity contribution < 1.29 is 23.1 Å². The van der Waals surface area contributed by atoms with Gasteiger partial charge in [0.2, 0.25) is 10.0 Å². The lowest BCUT2D eigenvalue weighted by molar-refractivity contribution is -0.134. The number of piperazine rings is 1. The third-order valence-corrected chi connectivity index (χ3v) is 7.06. The zero-order valence-corrected chi connectivity index (χ0v) is 17.1. The molecule has 1 heterocycles. The number of hydrogen-bond acceptors (Lipinski definition) is 5. The van der Waals surface area contributed by atoms with E-state index in [-0.39, 0.29) is 55.1 Å². The van der Waals surface area contributed by atoms with Crippen LogP contribution in [-0.4, -0.2) is 61.4 Å². The molecule has 1 fully saturated rings. The van der Waals surface area contributed by atoms with Crippen molar-refractivity contribution in [1.29, 1.82) is 0 Å². The predicted molar refractivity (Wildman–Crippen MR) is 113 cm³/mol. The van der Waals surface area contributed by atoms with E-state index < -0.39 is 10.0 Å². The topological polar surface area (TPSA) is 87.2 Å². The largest absolute Gasteiger partial charge is 0.504 e. The zero-order valence-electron chi connectivity index (χ0n) is 16.3. The number of ether oxygens (including phenoxy) is 1. The third kappa shape index (κ3) is 4.10. The molecule has 1 amide bonds. The van der Waals surface area contributed by atoms with Crippen LogP contribution >= 0.6 is 0 Å². The number of hydrogen-bond donors (Lipinski definition) is 1. The van der Waals surface area contributed by atoms with Crippen LogP contribution in [0.4, 0.5) is 0 Å². The van der Waals surface area contributed by atoms with Gasteiger partial charge in [-0.3, -0.25) is 4.79 Å². The van der Waals surface area contributed by atoms with Crippen LogP contribution in [0.2, 0.25) is 0 Å². The molecule has 0 spiro atoms. The molecule has 0 saturated carbocycles. The Kier molecular flexibility index (Phi) is 5.61. The fourth-order valence-corrected chi connectivity index (χ4v) is 4.92. The minimum absolute atomic E-state index is 0.0309. The number of rotatable bonds is 5. The number of carbonyl (C=O) groups is 1. The first-order valence-electron chi connectivity index (χ1n) is 9.63. The van der Waals surface area contributed by atoms with Crippen molar-refractivity contribution in [1.82, 2.24) is 9.21 Å². The van der Waals surface area contributed by atoms with E-state index in [0.29, 0.717) is 0 Å². The highest BCUT2D eigenvalue weighted by atomic mass is 32.2. The lowest BCUT2D eigenvalue weighted by Crippen LogP contribution is -2.51. The van der Waals surface area contributed by atoms with Crippen LogP contribution in [0, 0.1) is 0 Å². The zero-order chi connectivity index (χ0) is 21.1. The first-order chi connectivity index (χ1) is 14.4. The highest BCUT2D eigenvalue weighted by molar-refractivity contribution is 7.89. The summed E-state index contributed by atoms with van der Waals surface area (Å²) in [5.41, 5.74) is 0. The summed E-state index contributed by atoms with van der Waals surface area (Å²) >= 11 is 0. The minimum Gasteiger partial charge on any atom is -0.504 e. The van der Waals surface area contributed by atoms with Gasteiger partial charge >= 0.3 is 0 Å². The van der Waals surface area contributed by atoms with Gasteiger partial charge in [-0.1, -0.05) is 42.5 Å². The van der Waals surface area contributed by atoms with Gasteiger partial charge in [0.15, 0.2) is 18.1 Å². The number of nitrogens with zero attached hydrogens (tertiary/aromatic N) is 2. The fraction of sp³-hybridized carbons (Fsp3) is 0.227. The van der Waals surface area contributed by atoms with E-state index in [0.717, 1.165) is 10.8 Å². The van der Waals surface area contributed by atoms with Gasteiger partial charge in [-0.05, 0) is 35.0 Å². The molecule has 1 N–H and O–H groups in total. The number of sulfonamides is 1. The molecule has 1 aliphatic rings. The molecule has 0 radical (unpaired) electrons. The summed E-state index contributed by atoms with van der Waals surface area (Å²) in [5, 5.41) is 11.6. The summed E-state index contributed by atoms with van der Waals surface area (Å²) in [6.45, 7) is 0.801. The first kappa shape index (κ1) is 20.2. The Bertz CT molecular complexity index is 1170. The van der Waals surface area contributed by atoms with Crippen molar-refractivity contribution in [3.8, 4) is 11.5 Å². The Hall–Kier alpha value is -3.10. The number of para-hydroxylation sites is 2. The highest BCUT2D eigenvalue weighted by Gasteiger charge is 2.30. The van der Waals surface area contributed by atoms with Crippen molar-refractivity contribution in [3.05, 3.63) is 66.7 Å². The molecule has 1 aliphatic heterocycles. The molecule has 0 bridgehead atoms. The maximum Gasteiger partial charge on any atom is 0.260 e. The molecule has 7 nitrogen and oxygen atoms in total. The molecule has 0 aliphatic carbocycles. The summed E-state index contributed by atoms with van der Waals surface area (Å²) in [4.78, 5) is 14.2. The van der Waals surface area contributed by atoms with Crippen molar-refractivity contribution in [2.45, 2.75) is 4.90 Å². The SMILES string of the molecule is O=C(COc1ccccc1O)N1CCN(S(=O)(=O)c2ccc3ccccc3c2)CC1. The number of aromatic hydroxyl groups is 1. The van der Waals surface area contributed by atoms with E-state index in [1.165, 1.54) is 10.4 Å². The molecule has 1 saturated heterocycles. The van der Waals surface area contributed by atoms with Gasteiger partial charge in [-0.15, -0.1) is 0 Å². The summed E-state index contributed by atoms with van der Waals surface area (Å²) < 4.78 is 32.8. The van der Waals surface area contributed by atoms with Gasteiger partial charge in [0.05, 0.1) is 4.90 Å². The second-order valence-corrected chi connectivity index (χ2v) is 8.99. The normalized spacial score (nSPS) is 15.3. The van der Waals surface area contributed by atoms with Gasteiger partial charge in [-0.2, -0.15) is 4.31 Å². The molecule has 156 valence electrons. The molecule has 0 aromatic heterocycles. The summed E-state index contributed by atoms with van der Waals surface area (Å²) in [6.07, 6.45) is 0. The van der Waals surface area contributed by atoms with Gasteiger partial charge < -0.3 is 14.7 Å². The third-order valence-electron chi connectivity index (χ3n) is 5.17. The number of carbonyl (C=O) groups excluding carboxylic acids is 1. The van der Waals surface area contributed by atoms with Crippen molar-refractivity contribution in [2.24, 2.45) is 0 Å². The Morgan fingerprint density at radius 3 is 2.30 bits per heavy atom. The molecule has 30 heavy (non-hydrogen) atoms.